The van der Waals surface area contributed by atoms with Crippen LogP contribution in [-0.4, -0.2) is 30.3 Å². The van der Waals surface area contributed by atoms with Gasteiger partial charge in [-0.25, -0.2) is 4.79 Å². The first-order chi connectivity index (χ1) is 10.8. The van der Waals surface area contributed by atoms with Gasteiger partial charge in [0.15, 0.2) is 0 Å². The van der Waals surface area contributed by atoms with Crippen LogP contribution in [0.3, 0.4) is 0 Å². The lowest BCUT2D eigenvalue weighted by atomic mass is 10.2. The Hall–Kier alpha value is -1.66. The Labute approximate surface area is 138 Å². The van der Waals surface area contributed by atoms with Crippen LogP contribution < -0.4 is 10.1 Å². The van der Waals surface area contributed by atoms with Gasteiger partial charge >= 0.3 is 6.03 Å². The molecule has 2 aromatic rings. The summed E-state index contributed by atoms with van der Waals surface area (Å²) in [6.45, 7) is 1.37. The van der Waals surface area contributed by atoms with E-state index in [9.17, 15) is 4.79 Å². The topological polar surface area (TPSA) is 41.6 Å². The number of nitrogens with one attached hydrogen (secondary N) is 1. The number of carbonyl (C=O) groups is 1. The molecule has 22 heavy (non-hydrogen) atoms. The normalized spacial score (nSPS) is 17.5. The summed E-state index contributed by atoms with van der Waals surface area (Å²) in [5.41, 5.74) is 1.13. The van der Waals surface area contributed by atoms with Crippen LogP contribution >= 0.6 is 23.1 Å². The number of amides is 2. The fourth-order valence-corrected chi connectivity index (χ4v) is 4.30. The standard InChI is InChI=1S/C16H18N2O2S2/c1-20-13-6-4-12(5-7-13)15-18(8-10-22-15)16(19)17-11-14-3-2-9-21-14/h2-7,9,15H,8,10-11H2,1H3,(H,17,19)/t15-/m0/s1. The van der Waals surface area contributed by atoms with Crippen LogP contribution in [0.1, 0.15) is 15.8 Å². The van der Waals surface area contributed by atoms with Crippen molar-refractivity contribution in [2.24, 2.45) is 0 Å². The summed E-state index contributed by atoms with van der Waals surface area (Å²) in [5.74, 6) is 1.80. The van der Waals surface area contributed by atoms with Crippen LogP contribution in [0.25, 0.3) is 0 Å². The average molecular weight is 334 g/mol. The zero-order chi connectivity index (χ0) is 15.4. The van der Waals surface area contributed by atoms with Gasteiger partial charge in [0.2, 0.25) is 0 Å². The fraction of sp³-hybridized carbons (Fsp3) is 0.312. The molecule has 0 unspecified atom stereocenters. The molecule has 1 aromatic heterocycles. The van der Waals surface area contributed by atoms with Crippen LogP contribution in [0, 0.1) is 0 Å². The number of urea groups is 1. The Kier molecular flexibility index (Phi) is 4.90. The zero-order valence-electron chi connectivity index (χ0n) is 12.3. The van der Waals surface area contributed by atoms with Gasteiger partial charge in [-0.3, -0.25) is 0 Å². The summed E-state index contributed by atoms with van der Waals surface area (Å²) in [4.78, 5) is 15.5. The van der Waals surface area contributed by atoms with Gasteiger partial charge in [0, 0.05) is 17.2 Å². The summed E-state index contributed by atoms with van der Waals surface area (Å²) in [5, 5.41) is 5.11. The Bertz CT molecular complexity index is 614. The minimum absolute atomic E-state index is 0.000724. The lowest BCUT2D eigenvalue weighted by molar-refractivity contribution is 0.200. The van der Waals surface area contributed by atoms with Crippen molar-refractivity contribution < 1.29 is 9.53 Å². The second-order valence-electron chi connectivity index (χ2n) is 4.93. The van der Waals surface area contributed by atoms with E-state index in [1.165, 1.54) is 4.88 Å². The first-order valence-corrected chi connectivity index (χ1v) is 9.03. The molecule has 0 radical (unpaired) electrons. The Morgan fingerprint density at radius 2 is 2.18 bits per heavy atom. The highest BCUT2D eigenvalue weighted by atomic mass is 32.2. The second kappa shape index (κ2) is 7.07. The third kappa shape index (κ3) is 3.39. The second-order valence-corrected chi connectivity index (χ2v) is 7.15. The number of hydrogen-bond acceptors (Lipinski definition) is 4. The number of hydrogen-bond donors (Lipinski definition) is 1. The van der Waals surface area contributed by atoms with E-state index in [1.807, 2.05) is 46.7 Å². The first-order valence-electron chi connectivity index (χ1n) is 7.10. The first kappa shape index (κ1) is 15.2. The van der Waals surface area contributed by atoms with Crippen molar-refractivity contribution >= 4 is 29.1 Å². The molecule has 2 heterocycles. The van der Waals surface area contributed by atoms with E-state index < -0.39 is 0 Å². The minimum Gasteiger partial charge on any atom is -0.497 e. The number of thioether (sulfide) groups is 1. The molecule has 1 N–H and O–H groups in total. The summed E-state index contributed by atoms with van der Waals surface area (Å²) < 4.78 is 5.19. The van der Waals surface area contributed by atoms with Crippen molar-refractivity contribution in [3.05, 3.63) is 52.2 Å². The molecule has 0 bridgehead atoms. The van der Waals surface area contributed by atoms with Gasteiger partial charge in [0.1, 0.15) is 11.1 Å². The number of methoxy groups -OCH3 is 1. The minimum atomic E-state index is -0.000724. The van der Waals surface area contributed by atoms with Crippen molar-refractivity contribution in [1.82, 2.24) is 10.2 Å². The molecular weight excluding hydrogens is 316 g/mol. The summed E-state index contributed by atoms with van der Waals surface area (Å²) in [7, 11) is 1.66. The van der Waals surface area contributed by atoms with Crippen molar-refractivity contribution in [2.45, 2.75) is 11.9 Å². The molecule has 4 nitrogen and oxygen atoms in total. The molecule has 1 fully saturated rings. The molecule has 2 amide bonds. The maximum Gasteiger partial charge on any atom is 0.318 e. The molecule has 1 aliphatic heterocycles. The molecular formula is C16H18N2O2S2. The van der Waals surface area contributed by atoms with Crippen molar-refractivity contribution in [1.29, 1.82) is 0 Å². The van der Waals surface area contributed by atoms with Gasteiger partial charge in [0.25, 0.3) is 0 Å². The summed E-state index contributed by atoms with van der Waals surface area (Å²) >= 11 is 3.45. The molecule has 3 rings (SSSR count). The molecule has 116 valence electrons. The van der Waals surface area contributed by atoms with Gasteiger partial charge in [-0.1, -0.05) is 18.2 Å². The van der Waals surface area contributed by atoms with Crippen molar-refractivity contribution in [2.75, 3.05) is 19.4 Å². The summed E-state index contributed by atoms with van der Waals surface area (Å²) in [6.07, 6.45) is 0. The van der Waals surface area contributed by atoms with E-state index in [1.54, 1.807) is 30.2 Å². The number of carbonyl (C=O) groups excluding carboxylic acids is 1. The van der Waals surface area contributed by atoms with E-state index in [0.717, 1.165) is 23.6 Å². The molecule has 0 spiro atoms. The molecule has 0 aliphatic carbocycles. The summed E-state index contributed by atoms with van der Waals surface area (Å²) in [6, 6.07) is 12.0. The molecule has 0 saturated carbocycles. The lowest BCUT2D eigenvalue weighted by Gasteiger charge is -2.24. The SMILES string of the molecule is COc1ccc([C@@H]2SCCN2C(=O)NCc2cccs2)cc1. The molecule has 1 atom stereocenters. The maximum absolute atomic E-state index is 12.4. The zero-order valence-corrected chi connectivity index (χ0v) is 14.0. The predicted molar refractivity (Wildman–Crippen MR) is 91.5 cm³/mol. The van der Waals surface area contributed by atoms with Crippen LogP contribution in [0.5, 0.6) is 5.75 Å². The number of rotatable bonds is 4. The van der Waals surface area contributed by atoms with Crippen LogP contribution in [-0.2, 0) is 6.54 Å². The van der Waals surface area contributed by atoms with Crippen LogP contribution in [0.2, 0.25) is 0 Å². The van der Waals surface area contributed by atoms with E-state index in [4.69, 9.17) is 4.74 Å². The average Bonchev–Trinajstić information content (AvgIpc) is 3.24. The van der Waals surface area contributed by atoms with Gasteiger partial charge in [-0.05, 0) is 29.1 Å². The Morgan fingerprint density at radius 1 is 1.36 bits per heavy atom. The largest absolute Gasteiger partial charge is 0.497 e. The van der Waals surface area contributed by atoms with Crippen LogP contribution in [0.15, 0.2) is 41.8 Å². The number of nitrogens with zero attached hydrogens (tertiary/aromatic N) is 1. The highest BCUT2D eigenvalue weighted by Crippen LogP contribution is 2.38. The number of ether oxygens (including phenoxy) is 1. The highest BCUT2D eigenvalue weighted by Gasteiger charge is 2.30. The van der Waals surface area contributed by atoms with E-state index in [2.05, 4.69) is 5.32 Å². The third-order valence-electron chi connectivity index (χ3n) is 3.55. The third-order valence-corrected chi connectivity index (χ3v) is 5.68. The molecule has 1 aliphatic rings. The predicted octanol–water partition coefficient (Wildman–Crippen LogP) is 3.71. The Balaban J connectivity index is 1.65. The maximum atomic E-state index is 12.4. The fourth-order valence-electron chi connectivity index (χ4n) is 2.40. The van der Waals surface area contributed by atoms with Gasteiger partial charge in [-0.2, -0.15) is 0 Å². The van der Waals surface area contributed by atoms with Gasteiger partial charge < -0.3 is 15.0 Å². The van der Waals surface area contributed by atoms with E-state index >= 15 is 0 Å². The smallest absolute Gasteiger partial charge is 0.318 e. The Morgan fingerprint density at radius 3 is 2.86 bits per heavy atom. The van der Waals surface area contributed by atoms with E-state index in [0.29, 0.717) is 6.54 Å². The highest BCUT2D eigenvalue weighted by molar-refractivity contribution is 7.99. The molecule has 1 aromatic carbocycles. The van der Waals surface area contributed by atoms with E-state index in [-0.39, 0.29) is 11.4 Å². The molecule has 1 saturated heterocycles. The van der Waals surface area contributed by atoms with Crippen molar-refractivity contribution in [3.63, 3.8) is 0 Å². The monoisotopic (exact) mass is 334 g/mol. The quantitative estimate of drug-likeness (QED) is 0.927. The van der Waals surface area contributed by atoms with Gasteiger partial charge in [0.05, 0.1) is 13.7 Å². The number of benzene rings is 1. The molecule has 6 heteroatoms. The number of thiophene rings is 1. The van der Waals surface area contributed by atoms with Gasteiger partial charge in [-0.15, -0.1) is 23.1 Å². The lowest BCUT2D eigenvalue weighted by Crippen LogP contribution is -2.38. The van der Waals surface area contributed by atoms with Crippen molar-refractivity contribution in [3.8, 4) is 5.75 Å². The van der Waals surface area contributed by atoms with Crippen LogP contribution in [0.4, 0.5) is 4.79 Å².